The van der Waals surface area contributed by atoms with Gasteiger partial charge in [0.15, 0.2) is 0 Å². The molecular formula is C17H21NO3. The Morgan fingerprint density at radius 1 is 1.38 bits per heavy atom. The molecule has 0 radical (unpaired) electrons. The highest BCUT2D eigenvalue weighted by atomic mass is 16.4. The fourth-order valence-corrected chi connectivity index (χ4v) is 3.89. The number of fused-ring (bicyclic) bond motifs is 2. The van der Waals surface area contributed by atoms with Crippen LogP contribution in [0.1, 0.15) is 37.3 Å². The molecule has 1 saturated carbocycles. The van der Waals surface area contributed by atoms with Crippen molar-refractivity contribution in [3.8, 4) is 0 Å². The van der Waals surface area contributed by atoms with Crippen LogP contribution in [0.5, 0.6) is 0 Å². The Bertz CT molecular complexity index is 583. The van der Waals surface area contributed by atoms with E-state index in [1.54, 1.807) is 0 Å². The lowest BCUT2D eigenvalue weighted by Gasteiger charge is -2.28. The predicted octanol–water partition coefficient (Wildman–Crippen LogP) is 2.21. The van der Waals surface area contributed by atoms with Crippen molar-refractivity contribution in [3.05, 3.63) is 35.4 Å². The van der Waals surface area contributed by atoms with Gasteiger partial charge in [0.25, 0.3) is 0 Å². The maximum absolute atomic E-state index is 12.6. The first-order valence-electron chi connectivity index (χ1n) is 7.67. The zero-order chi connectivity index (χ0) is 15.0. The lowest BCUT2D eigenvalue weighted by molar-refractivity contribution is -0.145. The monoisotopic (exact) mass is 287 g/mol. The molecular weight excluding hydrogens is 266 g/mol. The Labute approximate surface area is 124 Å². The Hall–Kier alpha value is -1.84. The third-order valence-electron chi connectivity index (χ3n) is 5.02. The molecule has 1 aromatic rings. The van der Waals surface area contributed by atoms with Crippen molar-refractivity contribution >= 4 is 11.9 Å². The second kappa shape index (κ2) is 5.17. The van der Waals surface area contributed by atoms with Gasteiger partial charge in [-0.2, -0.15) is 0 Å². The van der Waals surface area contributed by atoms with Crippen LogP contribution in [0.4, 0.5) is 0 Å². The third-order valence-corrected chi connectivity index (χ3v) is 5.02. The van der Waals surface area contributed by atoms with E-state index in [0.29, 0.717) is 6.54 Å². The molecule has 2 atom stereocenters. The number of carboxylic acid groups (broad SMARTS) is 1. The highest BCUT2D eigenvalue weighted by Gasteiger charge is 2.60. The van der Waals surface area contributed by atoms with Crippen molar-refractivity contribution in [1.82, 2.24) is 4.90 Å². The van der Waals surface area contributed by atoms with Crippen molar-refractivity contribution in [1.29, 1.82) is 0 Å². The number of aryl methyl sites for hydroxylation is 1. The van der Waals surface area contributed by atoms with Crippen LogP contribution in [-0.2, 0) is 21.4 Å². The molecule has 1 aromatic carbocycles. The molecule has 0 aromatic heterocycles. The number of carbonyl (C=O) groups excluding carboxylic acids is 1. The largest absolute Gasteiger partial charge is 0.480 e. The molecule has 4 nitrogen and oxygen atoms in total. The van der Waals surface area contributed by atoms with Gasteiger partial charge in [-0.15, -0.1) is 0 Å². The number of carbonyl (C=O) groups is 2. The Kier molecular flexibility index (Phi) is 3.47. The van der Waals surface area contributed by atoms with Crippen molar-refractivity contribution in [3.63, 3.8) is 0 Å². The van der Waals surface area contributed by atoms with Crippen molar-refractivity contribution < 1.29 is 14.7 Å². The van der Waals surface area contributed by atoms with E-state index >= 15 is 0 Å². The SMILES string of the molecule is CCN(CC(=O)O)C(=O)C1CC12CCCc1ccccc12. The van der Waals surface area contributed by atoms with E-state index in [9.17, 15) is 9.59 Å². The van der Waals surface area contributed by atoms with Gasteiger partial charge >= 0.3 is 5.97 Å². The summed E-state index contributed by atoms with van der Waals surface area (Å²) in [5.41, 5.74) is 2.67. The molecule has 1 spiro atoms. The Balaban J connectivity index is 1.82. The summed E-state index contributed by atoms with van der Waals surface area (Å²) in [4.78, 5) is 25.0. The van der Waals surface area contributed by atoms with Gasteiger partial charge < -0.3 is 10.0 Å². The highest BCUT2D eigenvalue weighted by molar-refractivity contribution is 5.87. The molecule has 1 fully saturated rings. The smallest absolute Gasteiger partial charge is 0.323 e. The van der Waals surface area contributed by atoms with E-state index in [2.05, 4.69) is 18.2 Å². The van der Waals surface area contributed by atoms with Crippen molar-refractivity contribution in [2.75, 3.05) is 13.1 Å². The van der Waals surface area contributed by atoms with Crippen LogP contribution in [-0.4, -0.2) is 35.0 Å². The minimum atomic E-state index is -0.941. The number of carboxylic acids is 1. The summed E-state index contributed by atoms with van der Waals surface area (Å²) in [6.45, 7) is 2.10. The molecule has 0 aliphatic heterocycles. The van der Waals surface area contributed by atoms with Gasteiger partial charge in [-0.3, -0.25) is 9.59 Å². The molecule has 2 unspecified atom stereocenters. The van der Waals surface area contributed by atoms with Crippen LogP contribution in [0.25, 0.3) is 0 Å². The van der Waals surface area contributed by atoms with Crippen LogP contribution in [0.3, 0.4) is 0 Å². The molecule has 2 aliphatic rings. The normalized spacial score (nSPS) is 26.2. The first kappa shape index (κ1) is 14.1. The van der Waals surface area contributed by atoms with E-state index < -0.39 is 5.97 Å². The third kappa shape index (κ3) is 2.33. The fourth-order valence-electron chi connectivity index (χ4n) is 3.89. The first-order chi connectivity index (χ1) is 10.1. The number of rotatable bonds is 4. The van der Waals surface area contributed by atoms with E-state index in [1.807, 2.05) is 13.0 Å². The van der Waals surface area contributed by atoms with Gasteiger partial charge in [0.2, 0.25) is 5.91 Å². The lowest BCUT2D eigenvalue weighted by atomic mass is 9.78. The molecule has 21 heavy (non-hydrogen) atoms. The summed E-state index contributed by atoms with van der Waals surface area (Å²) < 4.78 is 0. The number of amides is 1. The quantitative estimate of drug-likeness (QED) is 0.923. The zero-order valence-corrected chi connectivity index (χ0v) is 12.3. The van der Waals surface area contributed by atoms with Crippen LogP contribution < -0.4 is 0 Å². The number of aliphatic carboxylic acids is 1. The van der Waals surface area contributed by atoms with Gasteiger partial charge in [-0.1, -0.05) is 24.3 Å². The van der Waals surface area contributed by atoms with Gasteiger partial charge in [-0.25, -0.2) is 0 Å². The maximum Gasteiger partial charge on any atom is 0.323 e. The van der Waals surface area contributed by atoms with Gasteiger partial charge in [0, 0.05) is 17.9 Å². The Morgan fingerprint density at radius 3 is 2.86 bits per heavy atom. The van der Waals surface area contributed by atoms with Crippen molar-refractivity contribution in [2.24, 2.45) is 5.92 Å². The summed E-state index contributed by atoms with van der Waals surface area (Å²) in [7, 11) is 0. The van der Waals surface area contributed by atoms with Crippen molar-refractivity contribution in [2.45, 2.75) is 38.0 Å². The van der Waals surface area contributed by atoms with E-state index in [-0.39, 0.29) is 23.8 Å². The summed E-state index contributed by atoms with van der Waals surface area (Å²) in [6.07, 6.45) is 4.13. The van der Waals surface area contributed by atoms with E-state index in [1.165, 1.54) is 16.0 Å². The maximum atomic E-state index is 12.6. The lowest BCUT2D eigenvalue weighted by Crippen LogP contribution is -2.38. The van der Waals surface area contributed by atoms with Gasteiger partial charge in [0.05, 0.1) is 0 Å². The summed E-state index contributed by atoms with van der Waals surface area (Å²) in [5.74, 6) is -0.959. The highest BCUT2D eigenvalue weighted by Crippen LogP contribution is 2.60. The molecule has 0 heterocycles. The molecule has 0 saturated heterocycles. The summed E-state index contributed by atoms with van der Waals surface area (Å²) in [6, 6.07) is 8.40. The standard InChI is InChI=1S/C17H21NO3/c1-2-18(11-15(19)20)16(21)14-10-17(14)9-5-7-12-6-3-4-8-13(12)17/h3-4,6,8,14H,2,5,7,9-11H2,1H3,(H,19,20). The summed E-state index contributed by atoms with van der Waals surface area (Å²) in [5, 5.41) is 8.93. The van der Waals surface area contributed by atoms with Crippen LogP contribution in [0, 0.1) is 5.92 Å². The average molecular weight is 287 g/mol. The van der Waals surface area contributed by atoms with Gasteiger partial charge in [-0.05, 0) is 43.7 Å². The molecule has 0 bridgehead atoms. The zero-order valence-electron chi connectivity index (χ0n) is 12.3. The fraction of sp³-hybridized carbons (Fsp3) is 0.529. The minimum absolute atomic E-state index is 0.0107. The van der Waals surface area contributed by atoms with Crippen LogP contribution >= 0.6 is 0 Å². The number of hydrogen-bond donors (Lipinski definition) is 1. The second-order valence-electron chi connectivity index (χ2n) is 6.17. The molecule has 1 amide bonds. The van der Waals surface area contributed by atoms with Crippen LogP contribution in [0.2, 0.25) is 0 Å². The second-order valence-corrected chi connectivity index (χ2v) is 6.17. The number of likely N-dealkylation sites (N-methyl/N-ethyl adjacent to an activating group) is 1. The van der Waals surface area contributed by atoms with E-state index in [0.717, 1.165) is 25.7 Å². The van der Waals surface area contributed by atoms with Gasteiger partial charge in [0.1, 0.15) is 6.54 Å². The predicted molar refractivity (Wildman–Crippen MR) is 79.1 cm³/mol. The summed E-state index contributed by atoms with van der Waals surface area (Å²) >= 11 is 0. The topological polar surface area (TPSA) is 57.6 Å². The average Bonchev–Trinajstić information content (AvgIpc) is 3.19. The first-order valence-corrected chi connectivity index (χ1v) is 7.67. The number of benzene rings is 1. The molecule has 3 rings (SSSR count). The number of nitrogens with zero attached hydrogens (tertiary/aromatic N) is 1. The molecule has 2 aliphatic carbocycles. The molecule has 1 N–H and O–H groups in total. The number of hydrogen-bond acceptors (Lipinski definition) is 2. The van der Waals surface area contributed by atoms with Crippen LogP contribution in [0.15, 0.2) is 24.3 Å². The minimum Gasteiger partial charge on any atom is -0.480 e. The Morgan fingerprint density at radius 2 is 2.14 bits per heavy atom. The molecule has 4 heteroatoms. The van der Waals surface area contributed by atoms with E-state index in [4.69, 9.17) is 5.11 Å². The molecule has 112 valence electrons.